The van der Waals surface area contributed by atoms with Crippen molar-refractivity contribution < 1.29 is 4.92 Å². The van der Waals surface area contributed by atoms with Gasteiger partial charge in [0.1, 0.15) is 0 Å². The number of nitro groups is 1. The number of aromatic nitrogens is 1. The number of hydrogen-bond donors (Lipinski definition) is 0. The van der Waals surface area contributed by atoms with Gasteiger partial charge in [0.15, 0.2) is 0 Å². The van der Waals surface area contributed by atoms with E-state index in [9.17, 15) is 10.1 Å². The van der Waals surface area contributed by atoms with Gasteiger partial charge in [0, 0.05) is 28.8 Å². The summed E-state index contributed by atoms with van der Waals surface area (Å²) in [5, 5.41) is 18.1. The van der Waals surface area contributed by atoms with Gasteiger partial charge < -0.3 is 0 Å². The van der Waals surface area contributed by atoms with Gasteiger partial charge in [-0.05, 0) is 67.3 Å². The van der Waals surface area contributed by atoms with Gasteiger partial charge in [-0.1, -0.05) is 32.9 Å². The van der Waals surface area contributed by atoms with Crippen LogP contribution in [0, 0.1) is 16.0 Å². The molecule has 1 heterocycles. The van der Waals surface area contributed by atoms with Crippen molar-refractivity contribution in [3.05, 3.63) is 74.4 Å². The molecule has 0 bridgehead atoms. The molecule has 1 fully saturated rings. The third-order valence-corrected chi connectivity index (χ3v) is 6.65. The van der Waals surface area contributed by atoms with Crippen molar-refractivity contribution in [3.8, 4) is 11.3 Å². The van der Waals surface area contributed by atoms with E-state index in [0.717, 1.165) is 41.0 Å². The monoisotopic (exact) mass is 448 g/mol. The minimum atomic E-state index is -0.378. The van der Waals surface area contributed by atoms with E-state index in [1.807, 2.05) is 22.2 Å². The summed E-state index contributed by atoms with van der Waals surface area (Å²) in [5.41, 5.74) is 5.22. The van der Waals surface area contributed by atoms with Crippen LogP contribution in [-0.4, -0.2) is 15.3 Å². The van der Waals surface area contributed by atoms with Gasteiger partial charge in [0.05, 0.1) is 16.3 Å². The van der Waals surface area contributed by atoms with Crippen LogP contribution in [0.15, 0.2) is 64.0 Å². The summed E-state index contributed by atoms with van der Waals surface area (Å²) >= 11 is 1.53. The Morgan fingerprint density at radius 3 is 2.47 bits per heavy atom. The molecule has 1 aromatic heterocycles. The standard InChI is InChI=1S/C25H28N4O2S/c1-17(2)19-7-11-21(12-8-19)26-25-28(27-22-6-4-5-18(3)15-22)24(16-32-25)20-9-13-23(14-10-20)29(30)31/h7-14,16-18H,4-6,15H2,1-3H3. The molecule has 0 spiro atoms. The average Bonchev–Trinajstić information content (AvgIpc) is 3.16. The molecule has 166 valence electrons. The average molecular weight is 449 g/mol. The van der Waals surface area contributed by atoms with E-state index in [1.165, 1.54) is 41.2 Å². The molecule has 2 aromatic carbocycles. The molecular weight excluding hydrogens is 420 g/mol. The zero-order valence-corrected chi connectivity index (χ0v) is 19.5. The Labute approximate surface area is 192 Å². The second-order valence-corrected chi connectivity index (χ2v) is 9.58. The molecule has 4 rings (SSSR count). The predicted molar refractivity (Wildman–Crippen MR) is 131 cm³/mol. The van der Waals surface area contributed by atoms with Gasteiger partial charge in [-0.3, -0.25) is 10.1 Å². The Morgan fingerprint density at radius 2 is 1.84 bits per heavy atom. The molecule has 0 radical (unpaired) electrons. The van der Waals surface area contributed by atoms with Crippen molar-refractivity contribution in [1.29, 1.82) is 0 Å². The first-order valence-corrected chi connectivity index (χ1v) is 12.0. The molecule has 1 atom stereocenters. The van der Waals surface area contributed by atoms with Gasteiger partial charge in [0.2, 0.25) is 4.80 Å². The lowest BCUT2D eigenvalue weighted by molar-refractivity contribution is -0.384. The number of non-ortho nitro benzene ring substituents is 1. The topological polar surface area (TPSA) is 72.8 Å². The van der Waals surface area contributed by atoms with E-state index < -0.39 is 0 Å². The van der Waals surface area contributed by atoms with Crippen molar-refractivity contribution in [3.63, 3.8) is 0 Å². The minimum Gasteiger partial charge on any atom is -0.258 e. The van der Waals surface area contributed by atoms with E-state index in [-0.39, 0.29) is 10.6 Å². The fourth-order valence-electron chi connectivity index (χ4n) is 3.96. The largest absolute Gasteiger partial charge is 0.269 e. The van der Waals surface area contributed by atoms with Gasteiger partial charge in [-0.15, -0.1) is 11.3 Å². The fraction of sp³-hybridized carbons (Fsp3) is 0.360. The summed E-state index contributed by atoms with van der Waals surface area (Å²) in [7, 11) is 0. The highest BCUT2D eigenvalue weighted by molar-refractivity contribution is 7.07. The SMILES string of the molecule is CC1CCCC(=Nn2c(-c3ccc([N+](=O)[O-])cc3)csc2=Nc2ccc(C(C)C)cc2)C1. The van der Waals surface area contributed by atoms with E-state index in [2.05, 4.69) is 32.9 Å². The third-order valence-electron chi connectivity index (χ3n) is 5.83. The first kappa shape index (κ1) is 22.1. The maximum atomic E-state index is 11.0. The number of nitro benzene ring substituents is 1. The number of rotatable bonds is 5. The van der Waals surface area contributed by atoms with E-state index in [4.69, 9.17) is 10.1 Å². The lowest BCUT2D eigenvalue weighted by Crippen LogP contribution is -2.18. The van der Waals surface area contributed by atoms with Crippen molar-refractivity contribution in [1.82, 2.24) is 4.68 Å². The highest BCUT2D eigenvalue weighted by Gasteiger charge is 2.16. The lowest BCUT2D eigenvalue weighted by atomic mass is 9.89. The predicted octanol–water partition coefficient (Wildman–Crippen LogP) is 6.89. The van der Waals surface area contributed by atoms with Crippen LogP contribution in [0.3, 0.4) is 0 Å². The zero-order valence-electron chi connectivity index (χ0n) is 18.7. The molecule has 1 aliphatic rings. The van der Waals surface area contributed by atoms with Crippen molar-refractivity contribution in [2.24, 2.45) is 16.0 Å². The fourth-order valence-corrected chi connectivity index (χ4v) is 4.81. The summed E-state index contributed by atoms with van der Waals surface area (Å²) in [6.45, 7) is 6.63. The second kappa shape index (κ2) is 9.61. The number of hydrogen-bond acceptors (Lipinski definition) is 5. The van der Waals surface area contributed by atoms with Crippen LogP contribution in [-0.2, 0) is 0 Å². The van der Waals surface area contributed by atoms with Crippen LogP contribution in [0.25, 0.3) is 11.3 Å². The zero-order chi connectivity index (χ0) is 22.7. The summed E-state index contributed by atoms with van der Waals surface area (Å²) in [6, 6.07) is 15.0. The first-order chi connectivity index (χ1) is 15.4. The van der Waals surface area contributed by atoms with E-state index in [0.29, 0.717) is 11.8 Å². The van der Waals surface area contributed by atoms with Crippen LogP contribution >= 0.6 is 11.3 Å². The molecule has 6 nitrogen and oxygen atoms in total. The highest BCUT2D eigenvalue weighted by atomic mass is 32.1. The number of benzene rings is 2. The van der Waals surface area contributed by atoms with Gasteiger partial charge in [-0.2, -0.15) is 5.10 Å². The molecule has 1 aliphatic carbocycles. The van der Waals surface area contributed by atoms with Crippen LogP contribution in [0.2, 0.25) is 0 Å². The Morgan fingerprint density at radius 1 is 1.12 bits per heavy atom. The Balaban J connectivity index is 1.79. The van der Waals surface area contributed by atoms with Gasteiger partial charge >= 0.3 is 0 Å². The lowest BCUT2D eigenvalue weighted by Gasteiger charge is -2.19. The van der Waals surface area contributed by atoms with E-state index >= 15 is 0 Å². The quantitative estimate of drug-likeness (QED) is 0.315. The molecular formula is C25H28N4O2S. The Hall–Kier alpha value is -3.06. The maximum absolute atomic E-state index is 11.0. The number of nitrogens with zero attached hydrogens (tertiary/aromatic N) is 4. The van der Waals surface area contributed by atoms with Crippen molar-refractivity contribution >= 4 is 28.4 Å². The minimum absolute atomic E-state index is 0.0816. The third kappa shape index (κ3) is 5.05. The van der Waals surface area contributed by atoms with Crippen LogP contribution in [0.4, 0.5) is 11.4 Å². The molecule has 0 amide bonds. The summed E-state index contributed by atoms with van der Waals surface area (Å²) in [6.07, 6.45) is 4.38. The Bertz CT molecular complexity index is 1190. The normalized spacial score (nSPS) is 18.4. The van der Waals surface area contributed by atoms with Crippen LogP contribution in [0.5, 0.6) is 0 Å². The summed E-state index contributed by atoms with van der Waals surface area (Å²) in [4.78, 5) is 16.3. The van der Waals surface area contributed by atoms with Crippen LogP contribution < -0.4 is 4.80 Å². The van der Waals surface area contributed by atoms with Crippen LogP contribution in [0.1, 0.15) is 57.9 Å². The van der Waals surface area contributed by atoms with Crippen molar-refractivity contribution in [2.45, 2.75) is 52.4 Å². The molecule has 0 aliphatic heterocycles. The Kier molecular flexibility index (Phi) is 6.65. The molecule has 7 heteroatoms. The highest BCUT2D eigenvalue weighted by Crippen LogP contribution is 2.26. The summed E-state index contributed by atoms with van der Waals surface area (Å²) < 4.78 is 1.91. The van der Waals surface area contributed by atoms with E-state index in [1.54, 1.807) is 12.1 Å². The second-order valence-electron chi connectivity index (χ2n) is 8.75. The van der Waals surface area contributed by atoms with Gasteiger partial charge in [0.25, 0.3) is 5.69 Å². The smallest absolute Gasteiger partial charge is 0.258 e. The molecule has 0 N–H and O–H groups in total. The molecule has 1 unspecified atom stereocenters. The molecule has 3 aromatic rings. The van der Waals surface area contributed by atoms with Gasteiger partial charge in [-0.25, -0.2) is 9.67 Å². The number of thiazole rings is 1. The summed E-state index contributed by atoms with van der Waals surface area (Å²) in [5.74, 6) is 1.11. The molecule has 0 saturated heterocycles. The first-order valence-electron chi connectivity index (χ1n) is 11.1. The van der Waals surface area contributed by atoms with Crippen molar-refractivity contribution in [2.75, 3.05) is 0 Å². The maximum Gasteiger partial charge on any atom is 0.269 e. The molecule has 1 saturated carbocycles. The molecule has 32 heavy (non-hydrogen) atoms.